The van der Waals surface area contributed by atoms with Gasteiger partial charge in [0.2, 0.25) is 5.88 Å². The van der Waals surface area contributed by atoms with E-state index in [0.717, 1.165) is 6.61 Å². The number of rotatable bonds is 3. The molecule has 1 aromatic rings. The van der Waals surface area contributed by atoms with Gasteiger partial charge in [0.25, 0.3) is 0 Å². The molecule has 3 nitrogen and oxygen atoms in total. The van der Waals surface area contributed by atoms with Crippen molar-refractivity contribution in [1.29, 1.82) is 0 Å². The third-order valence-electron chi connectivity index (χ3n) is 1.95. The van der Waals surface area contributed by atoms with Crippen LogP contribution in [0.5, 0.6) is 11.6 Å². The van der Waals surface area contributed by atoms with Gasteiger partial charge in [0.1, 0.15) is 5.75 Å². The molecule has 1 aliphatic rings. The van der Waals surface area contributed by atoms with Crippen molar-refractivity contribution in [2.45, 2.75) is 12.8 Å². The van der Waals surface area contributed by atoms with E-state index < -0.39 is 0 Å². The molecule has 1 saturated carbocycles. The quantitative estimate of drug-likeness (QED) is 0.887. The Kier molecular flexibility index (Phi) is 2.40. The van der Waals surface area contributed by atoms with Crippen LogP contribution in [0.4, 0.5) is 0 Å². The molecule has 1 fully saturated rings. The molecule has 0 spiro atoms. The smallest absolute Gasteiger partial charge is 0.228 e. The van der Waals surface area contributed by atoms with E-state index in [2.05, 4.69) is 20.9 Å². The molecule has 0 atom stereocenters. The normalized spacial score (nSPS) is 15.8. The molecule has 0 unspecified atom stereocenters. The molecule has 0 aliphatic heterocycles. The number of hydrogen-bond donors (Lipinski definition) is 1. The second-order valence-corrected chi connectivity index (χ2v) is 4.09. The van der Waals surface area contributed by atoms with Gasteiger partial charge in [-0.15, -0.1) is 0 Å². The van der Waals surface area contributed by atoms with Gasteiger partial charge in [-0.2, -0.15) is 0 Å². The Morgan fingerprint density at radius 2 is 2.38 bits per heavy atom. The summed E-state index contributed by atoms with van der Waals surface area (Å²) in [4.78, 5) is 3.96. The van der Waals surface area contributed by atoms with E-state index in [1.807, 2.05) is 0 Å². The largest absolute Gasteiger partial charge is 0.506 e. The summed E-state index contributed by atoms with van der Waals surface area (Å²) in [7, 11) is 0. The first-order chi connectivity index (χ1) is 6.25. The van der Waals surface area contributed by atoms with Gasteiger partial charge in [0.05, 0.1) is 17.3 Å². The molecule has 0 amide bonds. The summed E-state index contributed by atoms with van der Waals surface area (Å²) in [6.45, 7) is 0.733. The van der Waals surface area contributed by atoms with Crippen molar-refractivity contribution in [3.63, 3.8) is 0 Å². The minimum Gasteiger partial charge on any atom is -0.506 e. The van der Waals surface area contributed by atoms with Crippen molar-refractivity contribution in [3.05, 3.63) is 16.7 Å². The number of hydrogen-bond acceptors (Lipinski definition) is 3. The minimum atomic E-state index is 0.144. The van der Waals surface area contributed by atoms with E-state index >= 15 is 0 Å². The summed E-state index contributed by atoms with van der Waals surface area (Å²) in [5.74, 6) is 1.41. The van der Waals surface area contributed by atoms with Crippen LogP contribution in [-0.4, -0.2) is 16.7 Å². The lowest BCUT2D eigenvalue weighted by atomic mass is 10.4. The molecular formula is C9H10BrNO2. The fourth-order valence-electron chi connectivity index (χ4n) is 1.00. The van der Waals surface area contributed by atoms with Gasteiger partial charge in [0, 0.05) is 6.07 Å². The van der Waals surface area contributed by atoms with Crippen LogP contribution < -0.4 is 4.74 Å². The van der Waals surface area contributed by atoms with E-state index in [4.69, 9.17) is 9.84 Å². The average Bonchev–Trinajstić information content (AvgIpc) is 2.86. The van der Waals surface area contributed by atoms with E-state index in [1.54, 1.807) is 6.07 Å². The third kappa shape index (κ3) is 2.34. The van der Waals surface area contributed by atoms with Crippen LogP contribution >= 0.6 is 15.9 Å². The fourth-order valence-corrected chi connectivity index (χ4v) is 1.45. The highest BCUT2D eigenvalue weighted by Gasteiger charge is 2.22. The Hall–Kier alpha value is -0.770. The summed E-state index contributed by atoms with van der Waals surface area (Å²) < 4.78 is 6.15. The van der Waals surface area contributed by atoms with E-state index in [0.29, 0.717) is 16.3 Å². The Bertz CT molecular complexity index is 312. The van der Waals surface area contributed by atoms with E-state index in [9.17, 15) is 0 Å². The Labute approximate surface area is 84.9 Å². The highest BCUT2D eigenvalue weighted by Crippen LogP contribution is 2.31. The molecule has 1 aromatic heterocycles. The predicted molar refractivity (Wildman–Crippen MR) is 51.8 cm³/mol. The number of aromatic nitrogens is 1. The maximum Gasteiger partial charge on any atom is 0.228 e. The molecule has 1 aliphatic carbocycles. The van der Waals surface area contributed by atoms with Gasteiger partial charge in [-0.05, 0) is 34.7 Å². The van der Waals surface area contributed by atoms with E-state index in [-0.39, 0.29) is 5.75 Å². The van der Waals surface area contributed by atoms with Crippen LogP contribution in [0, 0.1) is 5.92 Å². The van der Waals surface area contributed by atoms with Crippen LogP contribution in [0.3, 0.4) is 0 Å². The molecule has 0 aromatic carbocycles. The summed E-state index contributed by atoms with van der Waals surface area (Å²) >= 11 is 3.27. The zero-order valence-corrected chi connectivity index (χ0v) is 8.62. The molecule has 0 saturated heterocycles. The lowest BCUT2D eigenvalue weighted by Gasteiger charge is -2.05. The van der Waals surface area contributed by atoms with E-state index in [1.165, 1.54) is 19.0 Å². The maximum atomic E-state index is 9.08. The number of ether oxygens (including phenoxy) is 1. The lowest BCUT2D eigenvalue weighted by Crippen LogP contribution is -2.00. The molecule has 0 bridgehead atoms. The summed E-state index contributed by atoms with van der Waals surface area (Å²) in [6, 6.07) is 1.58. The first kappa shape index (κ1) is 8.81. The Morgan fingerprint density at radius 1 is 1.62 bits per heavy atom. The van der Waals surface area contributed by atoms with Crippen molar-refractivity contribution < 1.29 is 9.84 Å². The first-order valence-corrected chi connectivity index (χ1v) is 5.02. The van der Waals surface area contributed by atoms with Crippen molar-refractivity contribution in [1.82, 2.24) is 4.98 Å². The van der Waals surface area contributed by atoms with Crippen molar-refractivity contribution in [3.8, 4) is 11.6 Å². The molecule has 4 heteroatoms. The maximum absolute atomic E-state index is 9.08. The third-order valence-corrected chi connectivity index (χ3v) is 2.51. The molecule has 70 valence electrons. The highest BCUT2D eigenvalue weighted by molar-refractivity contribution is 9.10. The zero-order chi connectivity index (χ0) is 9.26. The van der Waals surface area contributed by atoms with Gasteiger partial charge in [-0.1, -0.05) is 0 Å². The Morgan fingerprint density at radius 3 is 3.00 bits per heavy atom. The topological polar surface area (TPSA) is 42.4 Å². The summed E-state index contributed by atoms with van der Waals surface area (Å²) in [5.41, 5.74) is 0. The minimum absolute atomic E-state index is 0.144. The van der Waals surface area contributed by atoms with Gasteiger partial charge in [0.15, 0.2) is 0 Å². The zero-order valence-electron chi connectivity index (χ0n) is 7.03. The summed E-state index contributed by atoms with van der Waals surface area (Å²) in [6.07, 6.45) is 3.90. The number of pyridine rings is 1. The molecule has 1 N–H and O–H groups in total. The van der Waals surface area contributed by atoms with Crippen LogP contribution in [-0.2, 0) is 0 Å². The second kappa shape index (κ2) is 3.54. The predicted octanol–water partition coefficient (Wildman–Crippen LogP) is 2.34. The summed E-state index contributed by atoms with van der Waals surface area (Å²) in [5, 5.41) is 9.08. The molecular weight excluding hydrogens is 234 g/mol. The van der Waals surface area contributed by atoms with Gasteiger partial charge in [-0.3, -0.25) is 0 Å². The molecule has 13 heavy (non-hydrogen) atoms. The van der Waals surface area contributed by atoms with Crippen molar-refractivity contribution in [2.75, 3.05) is 6.61 Å². The van der Waals surface area contributed by atoms with Crippen LogP contribution in [0.2, 0.25) is 0 Å². The average molecular weight is 244 g/mol. The molecule has 0 radical (unpaired) electrons. The van der Waals surface area contributed by atoms with Crippen LogP contribution in [0.25, 0.3) is 0 Å². The molecule has 2 rings (SSSR count). The van der Waals surface area contributed by atoms with Crippen molar-refractivity contribution >= 4 is 15.9 Å². The van der Waals surface area contributed by atoms with Gasteiger partial charge >= 0.3 is 0 Å². The van der Waals surface area contributed by atoms with Gasteiger partial charge in [-0.25, -0.2) is 4.98 Å². The lowest BCUT2D eigenvalue weighted by molar-refractivity contribution is 0.285. The SMILES string of the molecule is Oc1cnc(OCC2CC2)c(Br)c1. The fraction of sp³-hybridized carbons (Fsp3) is 0.444. The van der Waals surface area contributed by atoms with Gasteiger partial charge < -0.3 is 9.84 Å². The van der Waals surface area contributed by atoms with Crippen LogP contribution in [0.15, 0.2) is 16.7 Å². The second-order valence-electron chi connectivity index (χ2n) is 3.23. The molecule has 1 heterocycles. The monoisotopic (exact) mass is 243 g/mol. The number of nitrogens with zero attached hydrogens (tertiary/aromatic N) is 1. The standard InChI is InChI=1S/C9H10BrNO2/c10-8-3-7(12)4-11-9(8)13-5-6-1-2-6/h3-4,6,12H,1-2,5H2. The first-order valence-electron chi connectivity index (χ1n) is 4.23. The highest BCUT2D eigenvalue weighted by atomic mass is 79.9. The number of aromatic hydroxyl groups is 1. The van der Waals surface area contributed by atoms with Crippen LogP contribution in [0.1, 0.15) is 12.8 Å². The number of halogens is 1. The Balaban J connectivity index is 2.01. The van der Waals surface area contributed by atoms with Crippen molar-refractivity contribution in [2.24, 2.45) is 5.92 Å².